The van der Waals surface area contributed by atoms with Crippen molar-refractivity contribution >= 4 is 45.1 Å². The van der Waals surface area contributed by atoms with Gasteiger partial charge in [-0.1, -0.05) is 0 Å². The lowest BCUT2D eigenvalue weighted by atomic mass is 10.2. The van der Waals surface area contributed by atoms with Crippen LogP contribution in [-0.4, -0.2) is 39.3 Å². The largest absolute Gasteiger partial charge is 0.365 e. The summed E-state index contributed by atoms with van der Waals surface area (Å²) in [5, 5.41) is 9.81. The van der Waals surface area contributed by atoms with Gasteiger partial charge in [-0.3, -0.25) is 0 Å². The van der Waals surface area contributed by atoms with Crippen molar-refractivity contribution in [2.24, 2.45) is 0 Å². The molecule has 0 amide bonds. The van der Waals surface area contributed by atoms with Crippen molar-refractivity contribution in [3.05, 3.63) is 29.8 Å². The van der Waals surface area contributed by atoms with Crippen LogP contribution in [0.5, 0.6) is 0 Å². The van der Waals surface area contributed by atoms with Gasteiger partial charge in [0.2, 0.25) is 0 Å². The van der Waals surface area contributed by atoms with E-state index in [9.17, 15) is 0 Å². The Hall–Kier alpha value is -1.90. The molecule has 0 spiro atoms. The fraction of sp³-hybridized carbons (Fsp3) is 0.389. The average Bonchev–Trinajstić information content (AvgIpc) is 3.13. The minimum Gasteiger partial charge on any atom is -0.365 e. The third-order valence-electron chi connectivity index (χ3n) is 4.58. The number of hydrogen-bond donors (Lipinski definition) is 3. The molecule has 2 fully saturated rings. The van der Waals surface area contributed by atoms with E-state index in [1.807, 2.05) is 18.3 Å². The molecule has 5 rings (SSSR count). The zero-order valence-corrected chi connectivity index (χ0v) is 15.9. The van der Waals surface area contributed by atoms with Gasteiger partial charge < -0.3 is 15.4 Å². The molecule has 1 aliphatic carbocycles. The van der Waals surface area contributed by atoms with Crippen molar-refractivity contribution in [1.82, 2.24) is 20.3 Å². The first-order valence-corrected chi connectivity index (χ1v) is 10.7. The van der Waals surface area contributed by atoms with Crippen LogP contribution in [-0.2, 0) is 0 Å². The molecular weight excluding hydrogens is 364 g/mol. The maximum atomic E-state index is 4.85. The summed E-state index contributed by atoms with van der Waals surface area (Å²) in [6, 6.07) is 6.49. The summed E-state index contributed by atoms with van der Waals surface area (Å²) in [5.41, 5.74) is 1.98. The van der Waals surface area contributed by atoms with E-state index in [0.29, 0.717) is 6.04 Å². The van der Waals surface area contributed by atoms with E-state index < -0.39 is 0 Å². The molecule has 0 radical (unpaired) electrons. The molecule has 134 valence electrons. The third-order valence-corrected chi connectivity index (χ3v) is 6.62. The first kappa shape index (κ1) is 16.3. The molecule has 3 N–H and O–H groups in total. The Bertz CT molecular complexity index is 917. The topological polar surface area (TPSA) is 74.8 Å². The summed E-state index contributed by atoms with van der Waals surface area (Å²) in [6.07, 6.45) is 5.52. The van der Waals surface area contributed by atoms with Crippen molar-refractivity contribution in [3.63, 3.8) is 0 Å². The summed E-state index contributed by atoms with van der Waals surface area (Å²) >= 11 is 3.44. The monoisotopic (exact) mass is 384 g/mol. The van der Waals surface area contributed by atoms with E-state index in [1.165, 1.54) is 12.8 Å². The Morgan fingerprint density at radius 3 is 3.00 bits per heavy atom. The summed E-state index contributed by atoms with van der Waals surface area (Å²) < 4.78 is 4.47. The van der Waals surface area contributed by atoms with Gasteiger partial charge >= 0.3 is 0 Å². The fourth-order valence-corrected chi connectivity index (χ4v) is 4.57. The normalized spacial score (nSPS) is 19.8. The van der Waals surface area contributed by atoms with Crippen molar-refractivity contribution in [2.75, 3.05) is 23.1 Å². The molecule has 1 aliphatic heterocycles. The Balaban J connectivity index is 1.46. The predicted molar refractivity (Wildman–Crippen MR) is 110 cm³/mol. The van der Waals surface area contributed by atoms with Crippen LogP contribution in [0.25, 0.3) is 21.6 Å². The minimum atomic E-state index is 0.424. The number of nitrogens with one attached hydrogen (secondary N) is 3. The van der Waals surface area contributed by atoms with Crippen LogP contribution in [0.2, 0.25) is 0 Å². The molecule has 1 atom stereocenters. The van der Waals surface area contributed by atoms with Gasteiger partial charge in [0.15, 0.2) is 5.82 Å². The number of nitrogens with zero attached hydrogens (tertiary/aromatic N) is 3. The highest BCUT2D eigenvalue weighted by Gasteiger charge is 2.22. The molecule has 4 heterocycles. The van der Waals surface area contributed by atoms with Crippen LogP contribution in [0.3, 0.4) is 0 Å². The first-order chi connectivity index (χ1) is 12.8. The van der Waals surface area contributed by atoms with Crippen LogP contribution in [0.15, 0.2) is 29.8 Å². The van der Waals surface area contributed by atoms with E-state index in [0.717, 1.165) is 58.0 Å². The van der Waals surface area contributed by atoms with Crippen molar-refractivity contribution < 1.29 is 0 Å². The zero-order chi connectivity index (χ0) is 17.3. The SMILES string of the molecule is c1cc(-c2nc(NC3CCNC3)c3sccc3n2)cc(NSC2CC2)n1. The number of aromatic nitrogens is 3. The second-order valence-corrected chi connectivity index (χ2v) is 8.74. The van der Waals surface area contributed by atoms with Gasteiger partial charge in [0.05, 0.1) is 10.2 Å². The van der Waals surface area contributed by atoms with Gasteiger partial charge in [-0.05, 0) is 61.3 Å². The summed E-state index contributed by atoms with van der Waals surface area (Å²) in [5.74, 6) is 2.54. The van der Waals surface area contributed by atoms with Gasteiger partial charge in [-0.2, -0.15) is 0 Å². The van der Waals surface area contributed by atoms with Crippen LogP contribution in [0, 0.1) is 0 Å². The average molecular weight is 385 g/mol. The lowest BCUT2D eigenvalue weighted by Gasteiger charge is -2.14. The maximum absolute atomic E-state index is 4.85. The molecule has 8 heteroatoms. The highest BCUT2D eigenvalue weighted by Crippen LogP contribution is 2.35. The smallest absolute Gasteiger partial charge is 0.162 e. The highest BCUT2D eigenvalue weighted by molar-refractivity contribution is 8.01. The number of rotatable bonds is 6. The van der Waals surface area contributed by atoms with E-state index in [4.69, 9.17) is 9.97 Å². The third kappa shape index (κ3) is 3.49. The van der Waals surface area contributed by atoms with Gasteiger partial charge in [0, 0.05) is 29.6 Å². The maximum Gasteiger partial charge on any atom is 0.162 e. The molecule has 0 bridgehead atoms. The van der Waals surface area contributed by atoms with Crippen LogP contribution < -0.4 is 15.4 Å². The van der Waals surface area contributed by atoms with Crippen molar-refractivity contribution in [1.29, 1.82) is 0 Å². The van der Waals surface area contributed by atoms with E-state index >= 15 is 0 Å². The number of anilines is 2. The van der Waals surface area contributed by atoms with Crippen molar-refractivity contribution in [3.8, 4) is 11.4 Å². The Morgan fingerprint density at radius 1 is 1.19 bits per heavy atom. The number of fused-ring (bicyclic) bond motifs is 1. The quantitative estimate of drug-likeness (QED) is 0.559. The van der Waals surface area contributed by atoms with Gasteiger partial charge in [-0.25, -0.2) is 15.0 Å². The molecule has 3 aromatic rings. The van der Waals surface area contributed by atoms with Gasteiger partial charge in [0.25, 0.3) is 0 Å². The Morgan fingerprint density at radius 2 is 2.15 bits per heavy atom. The van der Waals surface area contributed by atoms with E-state index in [1.54, 1.807) is 23.3 Å². The second-order valence-electron chi connectivity index (χ2n) is 6.71. The zero-order valence-electron chi connectivity index (χ0n) is 14.2. The standard InChI is InChI=1S/C18H20N6S2/c1-2-13(1)26-24-15-9-11(3-7-20-15)17-22-14-5-8-25-16(14)18(23-17)21-12-4-6-19-10-12/h3,5,7-9,12-13,19H,1-2,4,6,10H2,(H,20,24)(H,21,22,23). The molecule has 1 saturated heterocycles. The second kappa shape index (κ2) is 7.02. The molecule has 26 heavy (non-hydrogen) atoms. The number of thiophene rings is 1. The summed E-state index contributed by atoms with van der Waals surface area (Å²) in [4.78, 5) is 14.0. The van der Waals surface area contributed by atoms with E-state index in [2.05, 4.69) is 31.8 Å². The molecule has 1 unspecified atom stereocenters. The highest BCUT2D eigenvalue weighted by atomic mass is 32.2. The number of pyridine rings is 1. The van der Waals surface area contributed by atoms with Crippen molar-refractivity contribution in [2.45, 2.75) is 30.6 Å². The molecule has 3 aromatic heterocycles. The van der Waals surface area contributed by atoms with Gasteiger partial charge in [-0.15, -0.1) is 11.3 Å². The molecule has 6 nitrogen and oxygen atoms in total. The molecular formula is C18H20N6S2. The van der Waals surface area contributed by atoms with Crippen LogP contribution >= 0.6 is 23.3 Å². The number of hydrogen-bond acceptors (Lipinski definition) is 8. The van der Waals surface area contributed by atoms with E-state index in [-0.39, 0.29) is 0 Å². The Kier molecular flexibility index (Phi) is 4.40. The van der Waals surface area contributed by atoms with Gasteiger partial charge in [0.1, 0.15) is 11.6 Å². The lowest BCUT2D eigenvalue weighted by Crippen LogP contribution is -2.22. The molecule has 2 aliphatic rings. The lowest BCUT2D eigenvalue weighted by molar-refractivity contribution is 0.789. The summed E-state index contributed by atoms with van der Waals surface area (Å²) in [7, 11) is 0. The fourth-order valence-electron chi connectivity index (χ4n) is 3.02. The first-order valence-electron chi connectivity index (χ1n) is 8.96. The molecule has 0 aromatic carbocycles. The van der Waals surface area contributed by atoms with Crippen LogP contribution in [0.4, 0.5) is 11.6 Å². The summed E-state index contributed by atoms with van der Waals surface area (Å²) in [6.45, 7) is 2.04. The molecule has 1 saturated carbocycles. The van der Waals surface area contributed by atoms with Crippen LogP contribution in [0.1, 0.15) is 19.3 Å². The Labute approximate surface area is 160 Å². The predicted octanol–water partition coefficient (Wildman–Crippen LogP) is 3.75. The minimum absolute atomic E-state index is 0.424.